The zero-order chi connectivity index (χ0) is 16.7. The first-order valence-electron chi connectivity index (χ1n) is 8.00. The average molecular weight is 314 g/mol. The molecule has 2 aromatic carbocycles. The summed E-state index contributed by atoms with van der Waals surface area (Å²) in [5, 5.41) is 5.97. The van der Waals surface area contributed by atoms with Crippen molar-refractivity contribution >= 4 is 11.6 Å². The highest BCUT2D eigenvalue weighted by atomic mass is 19.1. The first kappa shape index (κ1) is 17.0. The van der Waals surface area contributed by atoms with Gasteiger partial charge in [0.2, 0.25) is 5.91 Å². The molecule has 0 spiro atoms. The smallest absolute Gasteiger partial charge is 0.239 e. The van der Waals surface area contributed by atoms with Gasteiger partial charge in [0.15, 0.2) is 0 Å². The molecule has 2 rings (SSSR count). The third-order valence-electron chi connectivity index (χ3n) is 3.86. The van der Waals surface area contributed by atoms with Crippen LogP contribution < -0.4 is 10.6 Å². The fourth-order valence-electron chi connectivity index (χ4n) is 2.54. The van der Waals surface area contributed by atoms with Gasteiger partial charge in [0.05, 0.1) is 6.54 Å². The number of carbonyl (C=O) groups is 1. The van der Waals surface area contributed by atoms with Crippen molar-refractivity contribution in [2.24, 2.45) is 0 Å². The van der Waals surface area contributed by atoms with E-state index in [0.29, 0.717) is 5.56 Å². The van der Waals surface area contributed by atoms with Crippen molar-refractivity contribution < 1.29 is 9.18 Å². The van der Waals surface area contributed by atoms with E-state index in [0.717, 1.165) is 18.5 Å². The van der Waals surface area contributed by atoms with E-state index in [4.69, 9.17) is 0 Å². The summed E-state index contributed by atoms with van der Waals surface area (Å²) >= 11 is 0. The number of aryl methyl sites for hydroxylation is 2. The van der Waals surface area contributed by atoms with Crippen LogP contribution >= 0.6 is 0 Å². The Morgan fingerprint density at radius 1 is 0.957 bits per heavy atom. The molecule has 0 saturated carbocycles. The summed E-state index contributed by atoms with van der Waals surface area (Å²) in [5.74, 6) is -0.452. The van der Waals surface area contributed by atoms with Crippen molar-refractivity contribution in [3.8, 4) is 0 Å². The number of rotatable bonds is 7. The summed E-state index contributed by atoms with van der Waals surface area (Å²) in [7, 11) is 0. The maximum absolute atomic E-state index is 13.5. The molecule has 2 aromatic rings. The van der Waals surface area contributed by atoms with E-state index >= 15 is 0 Å². The maximum Gasteiger partial charge on any atom is 0.239 e. The molecule has 0 saturated heterocycles. The topological polar surface area (TPSA) is 41.1 Å². The van der Waals surface area contributed by atoms with Gasteiger partial charge in [-0.25, -0.2) is 4.39 Å². The van der Waals surface area contributed by atoms with E-state index in [1.165, 1.54) is 17.2 Å². The second kappa shape index (κ2) is 8.32. The fraction of sp³-hybridized carbons (Fsp3) is 0.316. The molecule has 0 heterocycles. The van der Waals surface area contributed by atoms with Gasteiger partial charge in [-0.1, -0.05) is 50.2 Å². The van der Waals surface area contributed by atoms with Crippen molar-refractivity contribution in [3.05, 3.63) is 65.0 Å². The van der Waals surface area contributed by atoms with Gasteiger partial charge in [-0.05, 0) is 30.0 Å². The van der Waals surface area contributed by atoms with Crippen LogP contribution in [0.1, 0.15) is 30.5 Å². The van der Waals surface area contributed by atoms with Crippen molar-refractivity contribution in [3.63, 3.8) is 0 Å². The lowest BCUT2D eigenvalue weighted by molar-refractivity contribution is -0.119. The minimum Gasteiger partial charge on any atom is -0.376 e. The Balaban J connectivity index is 1.93. The van der Waals surface area contributed by atoms with Crippen LogP contribution in [-0.4, -0.2) is 12.5 Å². The molecule has 23 heavy (non-hydrogen) atoms. The molecular formula is C19H23FN2O. The molecule has 1 amide bonds. The van der Waals surface area contributed by atoms with Crippen LogP contribution in [0.25, 0.3) is 0 Å². The second-order valence-electron chi connectivity index (χ2n) is 5.38. The molecule has 0 aliphatic carbocycles. The minimum atomic E-state index is -0.301. The Bertz CT molecular complexity index is 648. The predicted octanol–water partition coefficient (Wildman–Crippen LogP) is 3.68. The second-order valence-corrected chi connectivity index (χ2v) is 5.38. The lowest BCUT2D eigenvalue weighted by Gasteiger charge is -2.15. The van der Waals surface area contributed by atoms with E-state index in [-0.39, 0.29) is 24.8 Å². The Kier molecular flexibility index (Phi) is 6.15. The van der Waals surface area contributed by atoms with E-state index in [2.05, 4.69) is 36.6 Å². The number of halogens is 1. The monoisotopic (exact) mass is 314 g/mol. The highest BCUT2D eigenvalue weighted by Crippen LogP contribution is 2.22. The average Bonchev–Trinajstić information content (AvgIpc) is 2.58. The molecule has 3 nitrogen and oxygen atoms in total. The maximum atomic E-state index is 13.5. The minimum absolute atomic E-state index is 0.152. The third kappa shape index (κ3) is 4.55. The number of carbonyl (C=O) groups excluding carboxylic acids is 1. The molecule has 0 aliphatic rings. The summed E-state index contributed by atoms with van der Waals surface area (Å²) in [6.45, 7) is 4.57. The van der Waals surface area contributed by atoms with Gasteiger partial charge in [-0.3, -0.25) is 4.79 Å². The van der Waals surface area contributed by atoms with Gasteiger partial charge in [-0.2, -0.15) is 0 Å². The van der Waals surface area contributed by atoms with Crippen LogP contribution in [0.5, 0.6) is 0 Å². The molecule has 0 unspecified atom stereocenters. The molecule has 4 heteroatoms. The number of benzene rings is 2. The molecule has 0 bridgehead atoms. The Morgan fingerprint density at radius 3 is 2.17 bits per heavy atom. The molecule has 0 aromatic heterocycles. The van der Waals surface area contributed by atoms with Crippen molar-refractivity contribution in [1.29, 1.82) is 0 Å². The Morgan fingerprint density at radius 2 is 1.57 bits per heavy atom. The SMILES string of the molecule is CCc1cccc(CC)c1NCC(=O)NCc1ccccc1F. The Labute approximate surface area is 136 Å². The zero-order valence-corrected chi connectivity index (χ0v) is 13.7. The first-order valence-corrected chi connectivity index (χ1v) is 8.00. The number of nitrogens with one attached hydrogen (secondary N) is 2. The standard InChI is InChI=1S/C19H23FN2O/c1-3-14-9-7-10-15(4-2)19(14)22-13-18(23)21-12-16-8-5-6-11-17(16)20/h5-11,22H,3-4,12-13H2,1-2H3,(H,21,23). The summed E-state index contributed by atoms with van der Waals surface area (Å²) in [4.78, 5) is 12.0. The van der Waals surface area contributed by atoms with Crippen LogP contribution in [0.4, 0.5) is 10.1 Å². The molecule has 0 radical (unpaired) electrons. The fourth-order valence-corrected chi connectivity index (χ4v) is 2.54. The molecule has 0 atom stereocenters. The molecule has 0 aliphatic heterocycles. The van der Waals surface area contributed by atoms with Crippen LogP contribution in [0.15, 0.2) is 42.5 Å². The summed E-state index contributed by atoms with van der Waals surface area (Å²) < 4.78 is 13.5. The van der Waals surface area contributed by atoms with Crippen molar-refractivity contribution in [2.75, 3.05) is 11.9 Å². The Hall–Kier alpha value is -2.36. The molecule has 0 fully saturated rings. The van der Waals surface area contributed by atoms with Gasteiger partial charge in [0.25, 0.3) is 0 Å². The summed E-state index contributed by atoms with van der Waals surface area (Å²) in [5.41, 5.74) is 3.93. The van der Waals surface area contributed by atoms with Crippen molar-refractivity contribution in [1.82, 2.24) is 5.32 Å². The van der Waals surface area contributed by atoms with Crippen molar-refractivity contribution in [2.45, 2.75) is 33.2 Å². The lowest BCUT2D eigenvalue weighted by Crippen LogP contribution is -2.30. The van der Waals surface area contributed by atoms with Gasteiger partial charge in [0.1, 0.15) is 5.82 Å². The van der Waals surface area contributed by atoms with E-state index in [1.807, 2.05) is 6.07 Å². The third-order valence-corrected chi connectivity index (χ3v) is 3.86. The largest absolute Gasteiger partial charge is 0.376 e. The quantitative estimate of drug-likeness (QED) is 0.818. The van der Waals surface area contributed by atoms with E-state index in [1.54, 1.807) is 18.2 Å². The summed E-state index contributed by atoms with van der Waals surface area (Å²) in [6, 6.07) is 12.6. The van der Waals surface area contributed by atoms with Gasteiger partial charge in [0, 0.05) is 17.8 Å². The molecule has 122 valence electrons. The van der Waals surface area contributed by atoms with Gasteiger partial charge >= 0.3 is 0 Å². The number of hydrogen-bond donors (Lipinski definition) is 2. The zero-order valence-electron chi connectivity index (χ0n) is 13.7. The normalized spacial score (nSPS) is 10.4. The van der Waals surface area contributed by atoms with Gasteiger partial charge in [-0.15, -0.1) is 0 Å². The van der Waals surface area contributed by atoms with E-state index in [9.17, 15) is 9.18 Å². The number of hydrogen-bond acceptors (Lipinski definition) is 2. The van der Waals surface area contributed by atoms with Gasteiger partial charge < -0.3 is 10.6 Å². The number of anilines is 1. The van der Waals surface area contributed by atoms with Crippen LogP contribution in [-0.2, 0) is 24.2 Å². The molecular weight excluding hydrogens is 291 g/mol. The first-order chi connectivity index (χ1) is 11.2. The van der Waals surface area contributed by atoms with Crippen LogP contribution in [0.3, 0.4) is 0 Å². The predicted molar refractivity (Wildman–Crippen MR) is 91.9 cm³/mol. The highest BCUT2D eigenvalue weighted by Gasteiger charge is 2.08. The van der Waals surface area contributed by atoms with E-state index < -0.39 is 0 Å². The summed E-state index contributed by atoms with van der Waals surface area (Å²) in [6.07, 6.45) is 1.82. The van der Waals surface area contributed by atoms with Crippen LogP contribution in [0, 0.1) is 5.82 Å². The number of para-hydroxylation sites is 1. The lowest BCUT2D eigenvalue weighted by atomic mass is 10.0. The van der Waals surface area contributed by atoms with Crippen LogP contribution in [0.2, 0.25) is 0 Å². The highest BCUT2D eigenvalue weighted by molar-refractivity contribution is 5.81. The molecule has 2 N–H and O–H groups in total. The number of amides is 1.